The molecule has 0 aromatic rings. The third kappa shape index (κ3) is 2.43. The largest absolute Gasteiger partial charge is 0.387 e. The Balaban J connectivity index is 2.59. The molecule has 1 aliphatic rings. The van der Waals surface area contributed by atoms with Crippen LogP contribution in [0.3, 0.4) is 0 Å². The van der Waals surface area contributed by atoms with Crippen LogP contribution in [0.2, 0.25) is 0 Å². The third-order valence-corrected chi connectivity index (χ3v) is 2.69. The molecule has 14 heavy (non-hydrogen) atoms. The summed E-state index contributed by atoms with van der Waals surface area (Å²) >= 11 is 0. The molecule has 3 atom stereocenters. The van der Waals surface area contributed by atoms with Crippen LogP contribution < -0.4 is 0 Å². The van der Waals surface area contributed by atoms with Gasteiger partial charge in [0.15, 0.2) is 5.79 Å². The van der Waals surface area contributed by atoms with Gasteiger partial charge in [0.25, 0.3) is 0 Å². The molecule has 0 bridgehead atoms. The zero-order valence-corrected chi connectivity index (χ0v) is 9.21. The second-order valence-electron chi connectivity index (χ2n) is 4.44. The average Bonchev–Trinajstić information content (AvgIpc) is 2.44. The monoisotopic (exact) mass is 206 g/mol. The van der Waals surface area contributed by atoms with Crippen molar-refractivity contribution in [3.05, 3.63) is 0 Å². The molecular weight excluding hydrogens is 187 g/mol. The van der Waals surface area contributed by atoms with E-state index in [1.54, 1.807) is 20.8 Å². The molecule has 1 fully saturated rings. The molecule has 0 radical (unpaired) electrons. The van der Waals surface area contributed by atoms with Crippen LogP contribution in [0.1, 0.15) is 34.1 Å². The lowest BCUT2D eigenvalue weighted by Gasteiger charge is -2.29. The molecule has 1 N–H and O–H groups in total. The Hall–Kier alpha value is -0.190. The van der Waals surface area contributed by atoms with E-state index in [1.807, 2.05) is 0 Å². The molecule has 0 amide bonds. The maximum Gasteiger partial charge on any atom is 0.163 e. The van der Waals surface area contributed by atoms with Crippen LogP contribution in [0.4, 0.5) is 4.39 Å². The highest BCUT2D eigenvalue weighted by Crippen LogP contribution is 2.31. The smallest absolute Gasteiger partial charge is 0.163 e. The number of aliphatic hydroxyl groups excluding tert-OH is 1. The van der Waals surface area contributed by atoms with Crippen molar-refractivity contribution in [3.63, 3.8) is 0 Å². The number of hydrogen-bond acceptors (Lipinski definition) is 3. The third-order valence-electron chi connectivity index (χ3n) is 2.69. The number of halogens is 1. The number of rotatable bonds is 3. The first-order valence-electron chi connectivity index (χ1n) is 4.97. The molecule has 3 nitrogen and oxygen atoms in total. The van der Waals surface area contributed by atoms with Crippen molar-refractivity contribution in [2.24, 2.45) is 0 Å². The fourth-order valence-electron chi connectivity index (χ4n) is 1.47. The lowest BCUT2D eigenvalue weighted by atomic mass is 9.94. The fourth-order valence-corrected chi connectivity index (χ4v) is 1.47. The van der Waals surface area contributed by atoms with E-state index in [0.29, 0.717) is 0 Å². The quantitative estimate of drug-likeness (QED) is 0.763. The molecule has 1 saturated heterocycles. The highest BCUT2D eigenvalue weighted by atomic mass is 19.1. The summed E-state index contributed by atoms with van der Waals surface area (Å²) in [6.45, 7) is 6.83. The molecule has 84 valence electrons. The van der Waals surface area contributed by atoms with Gasteiger partial charge in [0.1, 0.15) is 17.9 Å². The molecule has 0 spiro atoms. The standard InChI is InChI=1S/C10H19FO3/c1-5-10(4,11)8(12)7-6-13-9(2,3)14-7/h7-8,12H,5-6H2,1-4H3/t7-,8-,10+/m1/s1. The fraction of sp³-hybridized carbons (Fsp3) is 1.00. The van der Waals surface area contributed by atoms with Crippen LogP contribution in [0.25, 0.3) is 0 Å². The molecule has 1 rings (SSSR count). The lowest BCUT2D eigenvalue weighted by molar-refractivity contribution is -0.164. The van der Waals surface area contributed by atoms with E-state index in [1.165, 1.54) is 6.92 Å². The topological polar surface area (TPSA) is 38.7 Å². The maximum atomic E-state index is 13.7. The van der Waals surface area contributed by atoms with Gasteiger partial charge >= 0.3 is 0 Å². The minimum atomic E-state index is -1.62. The van der Waals surface area contributed by atoms with E-state index >= 15 is 0 Å². The van der Waals surface area contributed by atoms with Gasteiger partial charge in [-0.15, -0.1) is 0 Å². The zero-order chi connectivity index (χ0) is 11.0. The van der Waals surface area contributed by atoms with Crippen molar-refractivity contribution in [2.75, 3.05) is 6.61 Å². The summed E-state index contributed by atoms with van der Waals surface area (Å²) < 4.78 is 24.4. The number of alkyl halides is 1. The van der Waals surface area contributed by atoms with Gasteiger partial charge in [0.2, 0.25) is 0 Å². The first-order valence-corrected chi connectivity index (χ1v) is 4.97. The van der Waals surface area contributed by atoms with E-state index < -0.39 is 23.7 Å². The Kier molecular flexibility index (Phi) is 3.19. The highest BCUT2D eigenvalue weighted by Gasteiger charge is 2.44. The number of hydrogen-bond donors (Lipinski definition) is 1. The molecule has 0 aromatic heterocycles. The number of aliphatic hydroxyl groups is 1. The Morgan fingerprint density at radius 1 is 1.64 bits per heavy atom. The second kappa shape index (κ2) is 3.76. The summed E-state index contributed by atoms with van der Waals surface area (Å²) in [5.74, 6) is -0.713. The molecule has 1 heterocycles. The van der Waals surface area contributed by atoms with Gasteiger partial charge in [-0.3, -0.25) is 0 Å². The SMILES string of the molecule is CC[C@](C)(F)[C@H](O)[C@H]1COC(C)(C)O1. The van der Waals surface area contributed by atoms with E-state index in [-0.39, 0.29) is 13.0 Å². The van der Waals surface area contributed by atoms with Gasteiger partial charge < -0.3 is 14.6 Å². The van der Waals surface area contributed by atoms with Crippen LogP contribution in [0.15, 0.2) is 0 Å². The lowest BCUT2D eigenvalue weighted by Crippen LogP contribution is -2.45. The van der Waals surface area contributed by atoms with Gasteiger partial charge in [-0.05, 0) is 27.2 Å². The Bertz CT molecular complexity index is 204. The first-order chi connectivity index (χ1) is 6.28. The predicted molar refractivity (Wildman–Crippen MR) is 50.7 cm³/mol. The summed E-state index contributed by atoms with van der Waals surface area (Å²) in [6, 6.07) is 0. The molecule has 0 aromatic carbocycles. The van der Waals surface area contributed by atoms with E-state index in [4.69, 9.17) is 9.47 Å². The van der Waals surface area contributed by atoms with E-state index in [2.05, 4.69) is 0 Å². The Labute approximate surface area is 84.2 Å². The van der Waals surface area contributed by atoms with Crippen LogP contribution in [-0.2, 0) is 9.47 Å². The first kappa shape index (κ1) is 11.9. The van der Waals surface area contributed by atoms with Gasteiger partial charge in [-0.2, -0.15) is 0 Å². The summed E-state index contributed by atoms with van der Waals surface area (Å²) in [6.07, 6.45) is -1.44. The molecule has 0 saturated carbocycles. The summed E-state index contributed by atoms with van der Waals surface area (Å²) in [5.41, 5.74) is -1.62. The number of ether oxygens (including phenoxy) is 2. The molecule has 4 heteroatoms. The Morgan fingerprint density at radius 2 is 2.21 bits per heavy atom. The average molecular weight is 206 g/mol. The molecule has 0 aliphatic carbocycles. The van der Waals surface area contributed by atoms with Crippen molar-refractivity contribution >= 4 is 0 Å². The minimum Gasteiger partial charge on any atom is -0.387 e. The minimum absolute atomic E-state index is 0.244. The van der Waals surface area contributed by atoms with Gasteiger partial charge in [-0.25, -0.2) is 4.39 Å². The van der Waals surface area contributed by atoms with Gasteiger partial charge in [0.05, 0.1) is 6.61 Å². The Morgan fingerprint density at radius 3 is 2.57 bits per heavy atom. The zero-order valence-electron chi connectivity index (χ0n) is 9.21. The molecule has 0 unspecified atom stereocenters. The van der Waals surface area contributed by atoms with Crippen molar-refractivity contribution in [1.82, 2.24) is 0 Å². The summed E-state index contributed by atoms with van der Waals surface area (Å²) in [7, 11) is 0. The summed E-state index contributed by atoms with van der Waals surface area (Å²) in [4.78, 5) is 0. The molecular formula is C10H19FO3. The maximum absolute atomic E-state index is 13.7. The summed E-state index contributed by atoms with van der Waals surface area (Å²) in [5, 5.41) is 9.73. The van der Waals surface area contributed by atoms with Crippen LogP contribution in [0.5, 0.6) is 0 Å². The van der Waals surface area contributed by atoms with Crippen LogP contribution in [-0.4, -0.2) is 35.4 Å². The van der Waals surface area contributed by atoms with Crippen molar-refractivity contribution < 1.29 is 19.0 Å². The normalized spacial score (nSPS) is 32.6. The van der Waals surface area contributed by atoms with Gasteiger partial charge in [0, 0.05) is 0 Å². The predicted octanol–water partition coefficient (Wildman–Crippen LogP) is 1.64. The molecule has 1 aliphatic heterocycles. The van der Waals surface area contributed by atoms with Crippen molar-refractivity contribution in [3.8, 4) is 0 Å². The second-order valence-corrected chi connectivity index (χ2v) is 4.44. The van der Waals surface area contributed by atoms with Crippen molar-refractivity contribution in [1.29, 1.82) is 0 Å². The van der Waals surface area contributed by atoms with Crippen molar-refractivity contribution in [2.45, 2.75) is 57.8 Å². The van der Waals surface area contributed by atoms with E-state index in [9.17, 15) is 9.50 Å². The van der Waals surface area contributed by atoms with Crippen LogP contribution in [0, 0.1) is 0 Å². The highest BCUT2D eigenvalue weighted by molar-refractivity contribution is 4.89. The van der Waals surface area contributed by atoms with E-state index in [0.717, 1.165) is 0 Å². The van der Waals surface area contributed by atoms with Gasteiger partial charge in [-0.1, -0.05) is 6.92 Å². The van der Waals surface area contributed by atoms with Crippen LogP contribution >= 0.6 is 0 Å².